The van der Waals surface area contributed by atoms with Crippen molar-refractivity contribution in [2.75, 3.05) is 66.6 Å². The Morgan fingerprint density at radius 2 is 1.87 bits per heavy atom. The number of hydrogen-bond acceptors (Lipinski definition) is 4. The molecule has 2 N–H and O–H groups in total. The minimum absolute atomic E-state index is 0.512. The van der Waals surface area contributed by atoms with Crippen LogP contribution in [-0.2, 0) is 4.74 Å². The molecule has 0 saturated carbocycles. The van der Waals surface area contributed by atoms with Gasteiger partial charge in [0.25, 0.3) is 0 Å². The molecule has 1 aliphatic rings. The summed E-state index contributed by atoms with van der Waals surface area (Å²) in [4.78, 5) is 9.83. The van der Waals surface area contributed by atoms with Crippen molar-refractivity contribution >= 4 is 5.96 Å². The normalized spacial score (nSPS) is 19.1. The highest BCUT2D eigenvalue weighted by Gasteiger charge is 2.24. The summed E-state index contributed by atoms with van der Waals surface area (Å²) in [5.41, 5.74) is 0. The molecule has 0 bridgehead atoms. The maximum Gasteiger partial charge on any atom is 0.191 e. The number of rotatable bonds is 9. The van der Waals surface area contributed by atoms with Gasteiger partial charge in [-0.05, 0) is 26.3 Å². The summed E-state index contributed by atoms with van der Waals surface area (Å²) in [6.07, 6.45) is 0.993. The third kappa shape index (κ3) is 7.99. The number of guanidine groups is 1. The molecule has 0 aromatic carbocycles. The number of piperazine rings is 1. The lowest BCUT2D eigenvalue weighted by molar-refractivity contribution is 0.0925. The number of ether oxygens (including phenoxy) is 1. The number of nitrogens with one attached hydrogen (secondary N) is 2. The van der Waals surface area contributed by atoms with Gasteiger partial charge in [0.05, 0.1) is 6.54 Å². The van der Waals surface area contributed by atoms with Crippen molar-refractivity contribution in [1.29, 1.82) is 0 Å². The van der Waals surface area contributed by atoms with Crippen molar-refractivity contribution in [3.8, 4) is 0 Å². The van der Waals surface area contributed by atoms with Gasteiger partial charge in [-0.2, -0.15) is 0 Å². The Labute approximate surface area is 142 Å². The van der Waals surface area contributed by atoms with Crippen molar-refractivity contribution < 1.29 is 4.74 Å². The van der Waals surface area contributed by atoms with Crippen LogP contribution in [0.3, 0.4) is 0 Å². The van der Waals surface area contributed by atoms with Crippen molar-refractivity contribution in [1.82, 2.24) is 20.4 Å². The van der Waals surface area contributed by atoms with Crippen LogP contribution in [0.5, 0.6) is 0 Å². The van der Waals surface area contributed by atoms with Gasteiger partial charge in [-0.25, -0.2) is 0 Å². The Morgan fingerprint density at radius 1 is 1.17 bits per heavy atom. The fourth-order valence-corrected chi connectivity index (χ4v) is 2.85. The first-order valence-electron chi connectivity index (χ1n) is 9.02. The van der Waals surface area contributed by atoms with E-state index in [1.165, 1.54) is 0 Å². The molecule has 1 heterocycles. The highest BCUT2D eigenvalue weighted by atomic mass is 16.5. The van der Waals surface area contributed by atoms with Gasteiger partial charge in [0.2, 0.25) is 0 Å². The molecule has 0 aromatic rings. The maximum absolute atomic E-state index is 5.09. The molecule has 1 atom stereocenters. The van der Waals surface area contributed by atoms with Crippen LogP contribution in [0.1, 0.15) is 27.2 Å². The Morgan fingerprint density at radius 3 is 2.43 bits per heavy atom. The van der Waals surface area contributed by atoms with E-state index in [4.69, 9.17) is 9.73 Å². The molecule has 6 heteroatoms. The van der Waals surface area contributed by atoms with Gasteiger partial charge in [-0.3, -0.25) is 9.89 Å². The zero-order valence-electron chi connectivity index (χ0n) is 15.8. The average molecular weight is 328 g/mol. The molecule has 1 saturated heterocycles. The van der Waals surface area contributed by atoms with Crippen molar-refractivity contribution in [3.05, 3.63) is 0 Å². The van der Waals surface area contributed by atoms with E-state index >= 15 is 0 Å². The first-order valence-corrected chi connectivity index (χ1v) is 9.02. The van der Waals surface area contributed by atoms with Gasteiger partial charge in [-0.15, -0.1) is 0 Å². The van der Waals surface area contributed by atoms with Gasteiger partial charge in [0.15, 0.2) is 5.96 Å². The highest BCUT2D eigenvalue weighted by molar-refractivity contribution is 5.79. The molecular weight excluding hydrogens is 290 g/mol. The second-order valence-electron chi connectivity index (χ2n) is 6.64. The molecule has 1 unspecified atom stereocenters. The fourth-order valence-electron chi connectivity index (χ4n) is 2.85. The molecule has 0 aromatic heterocycles. The molecule has 23 heavy (non-hydrogen) atoms. The summed E-state index contributed by atoms with van der Waals surface area (Å²) in [5.74, 6) is 1.53. The predicted molar refractivity (Wildman–Crippen MR) is 98.2 cm³/mol. The largest absolute Gasteiger partial charge is 0.385 e. The minimum atomic E-state index is 0.512. The maximum atomic E-state index is 5.09. The van der Waals surface area contributed by atoms with E-state index in [-0.39, 0.29) is 0 Å². The number of hydrogen-bond donors (Lipinski definition) is 2. The van der Waals surface area contributed by atoms with Crippen LogP contribution in [0, 0.1) is 5.92 Å². The monoisotopic (exact) mass is 327 g/mol. The third-order valence-corrected chi connectivity index (χ3v) is 4.37. The van der Waals surface area contributed by atoms with Crippen molar-refractivity contribution in [2.45, 2.75) is 33.2 Å². The first kappa shape index (κ1) is 20.2. The molecule has 136 valence electrons. The van der Waals surface area contributed by atoms with E-state index in [1.807, 2.05) is 0 Å². The van der Waals surface area contributed by atoms with Crippen LogP contribution in [0.15, 0.2) is 4.99 Å². The van der Waals surface area contributed by atoms with Crippen LogP contribution in [0.4, 0.5) is 0 Å². The molecular formula is C17H37N5O. The van der Waals surface area contributed by atoms with Crippen LogP contribution in [0.25, 0.3) is 0 Å². The smallest absolute Gasteiger partial charge is 0.191 e. The lowest BCUT2D eigenvalue weighted by Crippen LogP contribution is -2.52. The van der Waals surface area contributed by atoms with Gasteiger partial charge >= 0.3 is 0 Å². The topological polar surface area (TPSA) is 52.1 Å². The molecule has 0 radical (unpaired) electrons. The first-order chi connectivity index (χ1) is 11.1. The molecule has 0 aliphatic carbocycles. The van der Waals surface area contributed by atoms with E-state index in [0.29, 0.717) is 12.0 Å². The minimum Gasteiger partial charge on any atom is -0.385 e. The zero-order valence-corrected chi connectivity index (χ0v) is 15.8. The summed E-state index contributed by atoms with van der Waals surface area (Å²) in [6.45, 7) is 14.7. The van der Waals surface area contributed by atoms with Crippen molar-refractivity contribution in [3.63, 3.8) is 0 Å². The fraction of sp³-hybridized carbons (Fsp3) is 0.941. The summed E-state index contributed by atoms with van der Waals surface area (Å²) in [6, 6.07) is 0.512. The summed E-state index contributed by atoms with van der Waals surface area (Å²) in [5, 5.41) is 6.73. The zero-order chi connectivity index (χ0) is 17.1. The number of likely N-dealkylation sites (N-methyl/N-ethyl adjacent to an activating group) is 1. The number of nitrogens with zero attached hydrogens (tertiary/aromatic N) is 3. The van der Waals surface area contributed by atoms with Gasteiger partial charge in [0, 0.05) is 59.0 Å². The van der Waals surface area contributed by atoms with E-state index < -0.39 is 0 Å². The van der Waals surface area contributed by atoms with E-state index in [2.05, 4.69) is 48.3 Å². The Bertz CT molecular complexity index is 327. The second kappa shape index (κ2) is 11.6. The molecule has 1 aliphatic heterocycles. The SMILES string of the molecule is CCNC(=NCC(C(C)C)N1CCN(C)CC1)NCCCOC. The Balaban J connectivity index is 2.53. The average Bonchev–Trinajstić information content (AvgIpc) is 2.53. The summed E-state index contributed by atoms with van der Waals surface area (Å²) < 4.78 is 5.09. The molecule has 1 rings (SSSR count). The Hall–Kier alpha value is -0.850. The standard InChI is InChI=1S/C17H37N5O/c1-6-18-17(19-8-7-13-23-5)20-14-16(15(2)3)22-11-9-21(4)10-12-22/h15-16H,6-14H2,1-5H3,(H2,18,19,20). The number of methoxy groups -OCH3 is 1. The predicted octanol–water partition coefficient (Wildman–Crippen LogP) is 0.850. The third-order valence-electron chi connectivity index (χ3n) is 4.37. The second-order valence-corrected chi connectivity index (χ2v) is 6.64. The van der Waals surface area contributed by atoms with Crippen LogP contribution in [-0.4, -0.2) is 88.4 Å². The quantitative estimate of drug-likeness (QED) is 0.374. The van der Waals surface area contributed by atoms with Crippen LogP contribution in [0.2, 0.25) is 0 Å². The highest BCUT2D eigenvalue weighted by Crippen LogP contribution is 2.13. The van der Waals surface area contributed by atoms with E-state index in [9.17, 15) is 0 Å². The summed E-state index contributed by atoms with van der Waals surface area (Å²) >= 11 is 0. The van der Waals surface area contributed by atoms with Crippen LogP contribution >= 0.6 is 0 Å². The van der Waals surface area contributed by atoms with Gasteiger partial charge < -0.3 is 20.3 Å². The van der Waals surface area contributed by atoms with Crippen molar-refractivity contribution in [2.24, 2.45) is 10.9 Å². The van der Waals surface area contributed by atoms with Gasteiger partial charge in [-0.1, -0.05) is 13.8 Å². The summed E-state index contributed by atoms with van der Waals surface area (Å²) in [7, 11) is 3.94. The van der Waals surface area contributed by atoms with Crippen LogP contribution < -0.4 is 10.6 Å². The molecule has 6 nitrogen and oxygen atoms in total. The van der Waals surface area contributed by atoms with E-state index in [0.717, 1.165) is 64.8 Å². The van der Waals surface area contributed by atoms with Gasteiger partial charge in [0.1, 0.15) is 0 Å². The number of aliphatic imine (C=N–C) groups is 1. The molecule has 1 fully saturated rings. The molecule has 0 amide bonds. The lowest BCUT2D eigenvalue weighted by Gasteiger charge is -2.39. The lowest BCUT2D eigenvalue weighted by atomic mass is 10.0. The molecule has 0 spiro atoms. The Kier molecular flexibility index (Phi) is 10.2. The van der Waals surface area contributed by atoms with E-state index in [1.54, 1.807) is 7.11 Å².